The number of pyridine rings is 1. The van der Waals surface area contributed by atoms with Crippen molar-refractivity contribution in [3.8, 4) is 17.2 Å². The van der Waals surface area contributed by atoms with Crippen LogP contribution in [0, 0.1) is 24.2 Å². The van der Waals surface area contributed by atoms with Gasteiger partial charge in [-0.05, 0) is 46.0 Å². The van der Waals surface area contributed by atoms with Gasteiger partial charge in [0.15, 0.2) is 0 Å². The maximum atomic E-state index is 12.9. The van der Waals surface area contributed by atoms with Crippen molar-refractivity contribution in [2.45, 2.75) is 84.8 Å². The highest BCUT2D eigenvalue weighted by molar-refractivity contribution is 5.99. The molecule has 0 spiro atoms. The first-order valence-corrected chi connectivity index (χ1v) is 11.7. The number of hydrogen-bond donors (Lipinski definition) is 0. The molecule has 0 aromatic carbocycles. The average Bonchev–Trinajstić information content (AvgIpc) is 3.45. The zero-order valence-corrected chi connectivity index (χ0v) is 19.7. The number of hydrogen-bond acceptors (Lipinski definition) is 5. The van der Waals surface area contributed by atoms with Gasteiger partial charge in [-0.1, -0.05) is 38.3 Å². The molecule has 1 aliphatic carbocycles. The molecule has 1 aliphatic rings. The molecule has 0 bridgehead atoms. The quantitative estimate of drug-likeness (QED) is 0.434. The van der Waals surface area contributed by atoms with E-state index >= 15 is 0 Å². The molecule has 3 rings (SSSR count). The van der Waals surface area contributed by atoms with Gasteiger partial charge in [0.25, 0.3) is 0 Å². The van der Waals surface area contributed by atoms with Crippen molar-refractivity contribution >= 4 is 12.0 Å². The Kier molecular flexibility index (Phi) is 8.21. The van der Waals surface area contributed by atoms with Crippen molar-refractivity contribution < 1.29 is 9.53 Å². The zero-order chi connectivity index (χ0) is 23.1. The van der Waals surface area contributed by atoms with Crippen molar-refractivity contribution in [3.63, 3.8) is 0 Å². The van der Waals surface area contributed by atoms with Crippen molar-refractivity contribution in [2.75, 3.05) is 0 Å². The minimum absolute atomic E-state index is 0.0596. The highest BCUT2D eigenvalue weighted by atomic mass is 16.5. The molecule has 1 unspecified atom stereocenters. The Balaban J connectivity index is 2.09. The molecule has 0 saturated heterocycles. The molecule has 170 valence electrons. The summed E-state index contributed by atoms with van der Waals surface area (Å²) in [5, 5.41) is 14.1. The van der Waals surface area contributed by atoms with E-state index in [9.17, 15) is 10.1 Å². The summed E-state index contributed by atoms with van der Waals surface area (Å²) < 4.78 is 7.45. The number of nitriles is 1. The van der Waals surface area contributed by atoms with E-state index in [0.717, 1.165) is 48.1 Å². The lowest BCUT2D eigenvalue weighted by molar-refractivity contribution is 0.0378. The lowest BCUT2D eigenvalue weighted by Crippen LogP contribution is -2.17. The average molecular weight is 435 g/mol. The van der Waals surface area contributed by atoms with Gasteiger partial charge in [0.2, 0.25) is 0 Å². The molecule has 0 radical (unpaired) electrons. The lowest BCUT2D eigenvalue weighted by atomic mass is 9.95. The third kappa shape index (κ3) is 5.45. The number of carbonyl (C=O) groups excluding carboxylic acids is 1. The van der Waals surface area contributed by atoms with Gasteiger partial charge in [0.05, 0.1) is 36.4 Å². The van der Waals surface area contributed by atoms with Gasteiger partial charge in [-0.2, -0.15) is 10.4 Å². The van der Waals surface area contributed by atoms with Crippen LogP contribution in [0.4, 0.5) is 0 Å². The van der Waals surface area contributed by atoms with Crippen LogP contribution in [0.15, 0.2) is 24.7 Å². The highest BCUT2D eigenvalue weighted by Crippen LogP contribution is 2.37. The maximum Gasteiger partial charge on any atom is 0.340 e. The molecule has 6 heteroatoms. The smallest absolute Gasteiger partial charge is 0.340 e. The Bertz CT molecular complexity index is 994. The summed E-state index contributed by atoms with van der Waals surface area (Å²) in [6, 6.07) is 2.40. The molecule has 1 saturated carbocycles. The normalized spacial score (nSPS) is 15.4. The van der Waals surface area contributed by atoms with E-state index < -0.39 is 0 Å². The van der Waals surface area contributed by atoms with Crippen molar-refractivity contribution in [2.24, 2.45) is 5.92 Å². The summed E-state index contributed by atoms with van der Waals surface area (Å²) in [5.74, 6) is 0.0839. The van der Waals surface area contributed by atoms with Gasteiger partial charge in [0, 0.05) is 34.8 Å². The van der Waals surface area contributed by atoms with Gasteiger partial charge in [-0.3, -0.25) is 9.67 Å². The molecule has 1 fully saturated rings. The second-order valence-corrected chi connectivity index (χ2v) is 8.87. The fourth-order valence-electron chi connectivity index (χ4n) is 4.50. The Hall–Kier alpha value is -2.94. The van der Waals surface area contributed by atoms with Crippen molar-refractivity contribution in [1.29, 1.82) is 5.26 Å². The van der Waals surface area contributed by atoms with Crippen LogP contribution in [0.2, 0.25) is 0 Å². The number of allylic oxidation sites excluding steroid dienone is 1. The van der Waals surface area contributed by atoms with Crippen LogP contribution in [0.25, 0.3) is 17.2 Å². The second kappa shape index (κ2) is 11.1. The van der Waals surface area contributed by atoms with Crippen LogP contribution in [-0.4, -0.2) is 26.8 Å². The fourth-order valence-corrected chi connectivity index (χ4v) is 4.50. The Labute approximate surface area is 191 Å². The molecular weight excluding hydrogens is 400 g/mol. The van der Waals surface area contributed by atoms with Gasteiger partial charge < -0.3 is 4.74 Å². The van der Waals surface area contributed by atoms with Crippen LogP contribution < -0.4 is 0 Å². The molecule has 2 heterocycles. The topological polar surface area (TPSA) is 80.8 Å². The van der Waals surface area contributed by atoms with Crippen LogP contribution >= 0.6 is 0 Å². The molecule has 0 aliphatic heterocycles. The Morgan fingerprint density at radius 2 is 2.09 bits per heavy atom. The first-order valence-electron chi connectivity index (χ1n) is 11.7. The van der Waals surface area contributed by atoms with Crippen molar-refractivity contribution in [3.05, 3.63) is 41.5 Å². The monoisotopic (exact) mass is 434 g/mol. The van der Waals surface area contributed by atoms with E-state index in [1.165, 1.54) is 12.8 Å². The van der Waals surface area contributed by atoms with Crippen molar-refractivity contribution in [1.82, 2.24) is 14.8 Å². The van der Waals surface area contributed by atoms with Crippen LogP contribution in [0.1, 0.15) is 93.4 Å². The molecule has 2 aromatic rings. The minimum Gasteiger partial charge on any atom is -0.459 e. The van der Waals surface area contributed by atoms with Crippen LogP contribution in [0.3, 0.4) is 0 Å². The third-order valence-corrected chi connectivity index (χ3v) is 6.09. The summed E-state index contributed by atoms with van der Waals surface area (Å²) in [7, 11) is 0. The maximum absolute atomic E-state index is 12.9. The molecular formula is C26H34N4O2. The zero-order valence-electron chi connectivity index (χ0n) is 19.7. The first-order chi connectivity index (χ1) is 15.5. The minimum atomic E-state index is -0.384. The molecule has 6 nitrogen and oxygen atoms in total. The molecule has 1 atom stereocenters. The highest BCUT2D eigenvalue weighted by Gasteiger charge is 2.28. The first kappa shape index (κ1) is 23.7. The number of esters is 1. The van der Waals surface area contributed by atoms with Gasteiger partial charge in [0.1, 0.15) is 0 Å². The second-order valence-electron chi connectivity index (χ2n) is 8.87. The third-order valence-electron chi connectivity index (χ3n) is 6.09. The van der Waals surface area contributed by atoms with E-state index in [-0.39, 0.29) is 18.1 Å². The Morgan fingerprint density at radius 1 is 1.34 bits per heavy atom. The number of unbranched alkanes of at least 4 members (excludes halogenated alkanes) is 1. The van der Waals surface area contributed by atoms with Gasteiger partial charge >= 0.3 is 5.97 Å². The molecule has 0 amide bonds. The SMILES string of the molecule is CCC/C=C\c1c(C)ncc(C(=O)OC(C)C)c1-c1cnn(C(CC#N)C2CCCC2)c1. The standard InChI is InChI=1S/C26H34N4O2/c1-5-6-7-12-22-19(4)28-16-23(26(31)32-18(2)3)25(22)21-15-29-30(17-21)24(13-14-27)20-10-8-9-11-20/h7,12,15-18,20,24H,5-6,8-11,13H2,1-4H3/b12-7-. The van der Waals surface area contributed by atoms with Crippen LogP contribution in [0.5, 0.6) is 0 Å². The summed E-state index contributed by atoms with van der Waals surface area (Å²) >= 11 is 0. The summed E-state index contributed by atoms with van der Waals surface area (Å²) in [6.07, 6.45) is 16.5. The number of nitrogens with zero attached hydrogens (tertiary/aromatic N) is 4. The number of carbonyl (C=O) groups is 1. The Morgan fingerprint density at radius 3 is 2.75 bits per heavy atom. The van der Waals surface area contributed by atoms with Gasteiger partial charge in [-0.25, -0.2) is 4.79 Å². The molecule has 2 aromatic heterocycles. The largest absolute Gasteiger partial charge is 0.459 e. The summed E-state index contributed by atoms with van der Waals surface area (Å²) in [4.78, 5) is 17.4. The summed E-state index contributed by atoms with van der Waals surface area (Å²) in [5.41, 5.74) is 3.85. The van der Waals surface area contributed by atoms with Crippen LogP contribution in [-0.2, 0) is 4.74 Å². The molecule has 32 heavy (non-hydrogen) atoms. The van der Waals surface area contributed by atoms with E-state index in [4.69, 9.17) is 4.74 Å². The molecule has 0 N–H and O–H groups in total. The predicted molar refractivity (Wildman–Crippen MR) is 126 cm³/mol. The lowest BCUT2D eigenvalue weighted by Gasteiger charge is -2.21. The van der Waals surface area contributed by atoms with E-state index in [1.807, 2.05) is 37.7 Å². The van der Waals surface area contributed by atoms with E-state index in [1.54, 1.807) is 12.4 Å². The van der Waals surface area contributed by atoms with E-state index in [0.29, 0.717) is 17.9 Å². The number of ether oxygens (including phenoxy) is 1. The summed E-state index contributed by atoms with van der Waals surface area (Å²) in [6.45, 7) is 7.77. The predicted octanol–water partition coefficient (Wildman–Crippen LogP) is 6.28. The number of aryl methyl sites for hydroxylation is 1. The number of rotatable bonds is 9. The fraction of sp³-hybridized carbons (Fsp3) is 0.538. The number of aromatic nitrogens is 3. The van der Waals surface area contributed by atoms with E-state index in [2.05, 4.69) is 29.2 Å². The van der Waals surface area contributed by atoms with Gasteiger partial charge in [-0.15, -0.1) is 0 Å².